The minimum atomic E-state index is 0.0514. The molecular formula is C31H36ClN3O3. The molecule has 0 saturated heterocycles. The number of fused-ring (bicyclic) bond motifs is 1. The van der Waals surface area contributed by atoms with E-state index < -0.39 is 0 Å². The third-order valence-corrected chi connectivity index (χ3v) is 6.84. The molecule has 4 rings (SSSR count). The number of aromatic nitrogens is 2. The predicted octanol–water partition coefficient (Wildman–Crippen LogP) is 6.63. The lowest BCUT2D eigenvalue weighted by Gasteiger charge is -2.11. The van der Waals surface area contributed by atoms with Crippen molar-refractivity contribution in [1.82, 2.24) is 14.9 Å². The molecule has 0 radical (unpaired) electrons. The number of hydrogen-bond donors (Lipinski definition) is 1. The van der Waals surface area contributed by atoms with Crippen molar-refractivity contribution in [2.75, 3.05) is 20.3 Å². The van der Waals surface area contributed by atoms with Crippen LogP contribution in [0.1, 0.15) is 43.5 Å². The van der Waals surface area contributed by atoms with Crippen LogP contribution >= 0.6 is 11.6 Å². The number of nitrogens with one attached hydrogen (secondary N) is 1. The van der Waals surface area contributed by atoms with Gasteiger partial charge in [-0.1, -0.05) is 54.4 Å². The normalized spacial score (nSPS) is 11.0. The molecule has 0 aliphatic carbocycles. The van der Waals surface area contributed by atoms with E-state index in [1.165, 1.54) is 5.52 Å². The summed E-state index contributed by atoms with van der Waals surface area (Å²) in [7, 11) is 1.64. The van der Waals surface area contributed by atoms with Crippen LogP contribution in [0.4, 0.5) is 0 Å². The van der Waals surface area contributed by atoms with Gasteiger partial charge in [-0.05, 0) is 67.6 Å². The van der Waals surface area contributed by atoms with Gasteiger partial charge in [-0.25, -0.2) is 4.98 Å². The maximum Gasteiger partial charge on any atom is 0.224 e. The van der Waals surface area contributed by atoms with E-state index in [0.29, 0.717) is 24.6 Å². The molecule has 1 N–H and O–H groups in total. The van der Waals surface area contributed by atoms with E-state index in [9.17, 15) is 4.79 Å². The second-order valence-corrected chi connectivity index (χ2v) is 9.75. The quantitative estimate of drug-likeness (QED) is 0.174. The Morgan fingerprint density at radius 2 is 1.71 bits per heavy atom. The average Bonchev–Trinajstić information content (AvgIpc) is 3.29. The highest BCUT2D eigenvalue weighted by Gasteiger charge is 2.10. The van der Waals surface area contributed by atoms with Gasteiger partial charge < -0.3 is 19.4 Å². The molecule has 6 nitrogen and oxygen atoms in total. The number of aryl methyl sites for hydroxylation is 2. The predicted molar refractivity (Wildman–Crippen MR) is 153 cm³/mol. The number of ether oxygens (including phenoxy) is 2. The van der Waals surface area contributed by atoms with Crippen LogP contribution in [0.2, 0.25) is 5.02 Å². The highest BCUT2D eigenvalue weighted by molar-refractivity contribution is 6.32. The Hall–Kier alpha value is -3.51. The Bertz CT molecular complexity index is 1300. The van der Waals surface area contributed by atoms with Crippen molar-refractivity contribution in [2.45, 2.75) is 51.5 Å². The largest absolute Gasteiger partial charge is 0.497 e. The zero-order chi connectivity index (χ0) is 26.6. The summed E-state index contributed by atoms with van der Waals surface area (Å²) in [6.45, 7) is 2.23. The number of hydrogen-bond acceptors (Lipinski definition) is 4. The average molecular weight is 534 g/mol. The molecule has 200 valence electrons. The van der Waals surface area contributed by atoms with Gasteiger partial charge in [0.1, 0.15) is 17.3 Å². The summed E-state index contributed by atoms with van der Waals surface area (Å²) in [4.78, 5) is 17.1. The van der Waals surface area contributed by atoms with E-state index in [-0.39, 0.29) is 5.91 Å². The van der Waals surface area contributed by atoms with Gasteiger partial charge in [0.05, 0.1) is 36.2 Å². The zero-order valence-electron chi connectivity index (χ0n) is 22.0. The molecule has 7 heteroatoms. The molecule has 4 aromatic rings. The van der Waals surface area contributed by atoms with Crippen molar-refractivity contribution in [3.8, 4) is 11.5 Å². The second kappa shape index (κ2) is 14.4. The first-order valence-corrected chi connectivity index (χ1v) is 13.7. The third-order valence-electron chi connectivity index (χ3n) is 6.53. The summed E-state index contributed by atoms with van der Waals surface area (Å²) in [6, 6.07) is 23.5. The third kappa shape index (κ3) is 7.99. The van der Waals surface area contributed by atoms with E-state index >= 15 is 0 Å². The van der Waals surface area contributed by atoms with Gasteiger partial charge in [0.25, 0.3) is 0 Å². The van der Waals surface area contributed by atoms with E-state index in [1.807, 2.05) is 54.6 Å². The van der Waals surface area contributed by atoms with E-state index in [1.54, 1.807) is 7.11 Å². The van der Waals surface area contributed by atoms with Gasteiger partial charge >= 0.3 is 0 Å². The number of methoxy groups -OCH3 is 1. The van der Waals surface area contributed by atoms with Crippen LogP contribution in [0.25, 0.3) is 11.0 Å². The summed E-state index contributed by atoms with van der Waals surface area (Å²) in [5, 5.41) is 3.68. The first kappa shape index (κ1) is 27.5. The van der Waals surface area contributed by atoms with Crippen LogP contribution in [-0.4, -0.2) is 35.7 Å². The lowest BCUT2D eigenvalue weighted by molar-refractivity contribution is -0.120. The Morgan fingerprint density at radius 1 is 0.921 bits per heavy atom. The molecule has 0 fully saturated rings. The molecule has 3 aromatic carbocycles. The van der Waals surface area contributed by atoms with E-state index in [0.717, 1.165) is 73.5 Å². The fourth-order valence-corrected chi connectivity index (χ4v) is 4.68. The van der Waals surface area contributed by atoms with Gasteiger partial charge in [0.2, 0.25) is 5.91 Å². The maximum absolute atomic E-state index is 12.2. The van der Waals surface area contributed by atoms with Crippen LogP contribution in [0.3, 0.4) is 0 Å². The number of rotatable bonds is 15. The fourth-order valence-electron chi connectivity index (χ4n) is 4.49. The standard InChI is InChI=1S/C31H36ClN3O3/c1-37-25-18-16-24(17-19-25)23-31(36)33-20-8-2-3-15-30-34-27-12-5-6-13-28(27)35(30)21-9-10-22-38-29-14-7-4-11-26(29)32/h4-7,11-14,16-19H,2-3,8-10,15,20-23H2,1H3,(H,33,36). The second-order valence-electron chi connectivity index (χ2n) is 9.34. The number of carbonyl (C=O) groups excluding carboxylic acids is 1. The van der Waals surface area contributed by atoms with Crippen LogP contribution < -0.4 is 14.8 Å². The Morgan fingerprint density at radius 3 is 2.53 bits per heavy atom. The molecule has 0 atom stereocenters. The van der Waals surface area contributed by atoms with Crippen molar-refractivity contribution in [1.29, 1.82) is 0 Å². The molecule has 0 aliphatic rings. The molecule has 0 bridgehead atoms. The van der Waals surface area contributed by atoms with Crippen molar-refractivity contribution in [3.05, 3.63) is 89.2 Å². The number of halogens is 1. The van der Waals surface area contributed by atoms with Crippen molar-refractivity contribution in [3.63, 3.8) is 0 Å². The molecular weight excluding hydrogens is 498 g/mol. The summed E-state index contributed by atoms with van der Waals surface area (Å²) >= 11 is 6.18. The summed E-state index contributed by atoms with van der Waals surface area (Å²) < 4.78 is 13.4. The van der Waals surface area contributed by atoms with E-state index in [2.05, 4.69) is 28.1 Å². The first-order valence-electron chi connectivity index (χ1n) is 13.3. The maximum atomic E-state index is 12.2. The molecule has 1 heterocycles. The number of amides is 1. The van der Waals surface area contributed by atoms with Crippen LogP contribution in [-0.2, 0) is 24.2 Å². The van der Waals surface area contributed by atoms with Gasteiger partial charge in [0, 0.05) is 19.5 Å². The summed E-state index contributed by atoms with van der Waals surface area (Å²) in [5.41, 5.74) is 3.21. The SMILES string of the molecule is COc1ccc(CC(=O)NCCCCCc2nc3ccccc3n2CCCCOc2ccccc2Cl)cc1. The van der Waals surface area contributed by atoms with Gasteiger partial charge in [-0.3, -0.25) is 4.79 Å². The molecule has 1 aromatic heterocycles. The summed E-state index contributed by atoms with van der Waals surface area (Å²) in [5.74, 6) is 2.71. The van der Waals surface area contributed by atoms with E-state index in [4.69, 9.17) is 26.1 Å². The minimum absolute atomic E-state index is 0.0514. The molecule has 0 saturated carbocycles. The number of para-hydroxylation sites is 3. The molecule has 1 amide bonds. The van der Waals surface area contributed by atoms with Crippen molar-refractivity contribution < 1.29 is 14.3 Å². The summed E-state index contributed by atoms with van der Waals surface area (Å²) in [6.07, 6.45) is 6.27. The molecule has 0 aliphatic heterocycles. The van der Waals surface area contributed by atoms with Gasteiger partial charge in [-0.2, -0.15) is 0 Å². The number of imidazole rings is 1. The number of unbranched alkanes of at least 4 members (excludes halogenated alkanes) is 3. The van der Waals surface area contributed by atoms with Crippen molar-refractivity contribution in [2.24, 2.45) is 0 Å². The zero-order valence-corrected chi connectivity index (χ0v) is 22.8. The monoisotopic (exact) mass is 533 g/mol. The van der Waals surface area contributed by atoms with Crippen LogP contribution in [0.5, 0.6) is 11.5 Å². The number of carbonyl (C=O) groups is 1. The fraction of sp³-hybridized carbons (Fsp3) is 0.355. The van der Waals surface area contributed by atoms with Gasteiger partial charge in [-0.15, -0.1) is 0 Å². The molecule has 38 heavy (non-hydrogen) atoms. The highest BCUT2D eigenvalue weighted by atomic mass is 35.5. The van der Waals surface area contributed by atoms with Crippen molar-refractivity contribution >= 4 is 28.5 Å². The molecule has 0 spiro atoms. The number of nitrogens with zero attached hydrogens (tertiary/aromatic N) is 2. The lowest BCUT2D eigenvalue weighted by atomic mass is 10.1. The first-order chi connectivity index (χ1) is 18.6. The Kier molecular flexibility index (Phi) is 10.5. The lowest BCUT2D eigenvalue weighted by Crippen LogP contribution is -2.26. The topological polar surface area (TPSA) is 65.4 Å². The Balaban J connectivity index is 1.18. The smallest absolute Gasteiger partial charge is 0.224 e. The van der Waals surface area contributed by atoms with Crippen LogP contribution in [0, 0.1) is 0 Å². The molecule has 0 unspecified atom stereocenters. The minimum Gasteiger partial charge on any atom is -0.497 e. The van der Waals surface area contributed by atoms with Crippen LogP contribution in [0.15, 0.2) is 72.8 Å². The van der Waals surface area contributed by atoms with Gasteiger partial charge in [0.15, 0.2) is 0 Å². The highest BCUT2D eigenvalue weighted by Crippen LogP contribution is 2.23. The number of benzene rings is 3. The Labute approximate surface area is 229 Å².